The first-order valence-corrected chi connectivity index (χ1v) is 11.7. The Bertz CT molecular complexity index is 852. The molecule has 0 bridgehead atoms. The smallest absolute Gasteiger partial charge is 0.252 e. The van der Waals surface area contributed by atoms with Crippen LogP contribution in [0, 0.1) is 0 Å². The van der Waals surface area contributed by atoms with Crippen molar-refractivity contribution in [3.63, 3.8) is 0 Å². The molecular weight excluding hydrogens is 404 g/mol. The van der Waals surface area contributed by atoms with Crippen molar-refractivity contribution in [2.45, 2.75) is 42.4 Å². The van der Waals surface area contributed by atoms with E-state index in [1.165, 1.54) is 15.6 Å². The van der Waals surface area contributed by atoms with Crippen LogP contribution in [0.25, 0.3) is 0 Å². The van der Waals surface area contributed by atoms with Crippen molar-refractivity contribution in [2.24, 2.45) is 0 Å². The zero-order valence-corrected chi connectivity index (χ0v) is 17.3. The zero-order chi connectivity index (χ0) is 19.3. The lowest BCUT2D eigenvalue weighted by Gasteiger charge is -2.34. The molecule has 2 heterocycles. The molecule has 1 aromatic heterocycles. The van der Waals surface area contributed by atoms with Gasteiger partial charge < -0.3 is 5.32 Å². The number of piperidine rings is 1. The Morgan fingerprint density at radius 3 is 2.70 bits per heavy atom. The molecule has 1 aromatic carbocycles. The fraction of sp³-hybridized carbons (Fsp3) is 0.421. The summed E-state index contributed by atoms with van der Waals surface area (Å²) < 4.78 is 27.6. The first-order valence-electron chi connectivity index (χ1n) is 9.03. The molecule has 1 amide bonds. The summed E-state index contributed by atoms with van der Waals surface area (Å²) in [5.74, 6) is -0.109. The molecule has 1 aliphatic rings. The maximum atomic E-state index is 12.9. The molecule has 0 unspecified atom stereocenters. The number of halogens is 1. The van der Waals surface area contributed by atoms with Gasteiger partial charge in [-0.3, -0.25) is 4.79 Å². The zero-order valence-electron chi connectivity index (χ0n) is 14.9. The number of rotatable bonds is 7. The quantitative estimate of drug-likeness (QED) is 0.734. The van der Waals surface area contributed by atoms with Crippen LogP contribution in [0.4, 0.5) is 0 Å². The molecular formula is C19H23ClN2O3S2. The summed E-state index contributed by atoms with van der Waals surface area (Å²) in [5, 5.41) is 5.36. The van der Waals surface area contributed by atoms with Crippen LogP contribution in [0.3, 0.4) is 0 Å². The van der Waals surface area contributed by atoms with E-state index in [0.717, 1.165) is 24.8 Å². The predicted octanol–water partition coefficient (Wildman–Crippen LogP) is 3.69. The largest absolute Gasteiger partial charge is 0.356 e. The minimum Gasteiger partial charge on any atom is -0.356 e. The number of amides is 1. The van der Waals surface area contributed by atoms with E-state index in [9.17, 15) is 13.2 Å². The third-order valence-electron chi connectivity index (χ3n) is 4.70. The standard InChI is InChI=1S/C19H23ClN2O3S2/c20-16-8-6-15(7-9-16)10-11-21-18(23)14-17-4-1-2-12-22(17)27(24,25)19-5-3-13-26-19/h3,5-9,13,17H,1-2,4,10-12,14H2,(H,21,23)/t17-/m0/s1. The Kier molecular flexibility index (Phi) is 6.92. The second-order valence-corrected chi connectivity index (χ2v) is 10.1. The van der Waals surface area contributed by atoms with Crippen LogP contribution >= 0.6 is 22.9 Å². The number of carbonyl (C=O) groups is 1. The number of sulfonamides is 1. The maximum absolute atomic E-state index is 12.9. The molecule has 1 fully saturated rings. The van der Waals surface area contributed by atoms with E-state index < -0.39 is 10.0 Å². The van der Waals surface area contributed by atoms with Crippen molar-refractivity contribution in [2.75, 3.05) is 13.1 Å². The summed E-state index contributed by atoms with van der Waals surface area (Å²) >= 11 is 7.09. The summed E-state index contributed by atoms with van der Waals surface area (Å²) in [5.41, 5.74) is 1.10. The van der Waals surface area contributed by atoms with Crippen molar-refractivity contribution in [3.05, 3.63) is 52.4 Å². The lowest BCUT2D eigenvalue weighted by molar-refractivity contribution is -0.122. The number of nitrogens with zero attached hydrogens (tertiary/aromatic N) is 1. The Hall–Kier alpha value is -1.41. The van der Waals surface area contributed by atoms with Crippen molar-refractivity contribution in [1.82, 2.24) is 9.62 Å². The van der Waals surface area contributed by atoms with Gasteiger partial charge in [0.15, 0.2) is 0 Å². The number of nitrogens with one attached hydrogen (secondary N) is 1. The van der Waals surface area contributed by atoms with Crippen LogP contribution in [-0.4, -0.2) is 37.8 Å². The molecule has 8 heteroatoms. The van der Waals surface area contributed by atoms with Gasteiger partial charge in [0, 0.05) is 30.6 Å². The van der Waals surface area contributed by atoms with E-state index in [4.69, 9.17) is 11.6 Å². The van der Waals surface area contributed by atoms with Gasteiger partial charge in [0.05, 0.1) is 0 Å². The fourth-order valence-corrected chi connectivity index (χ4v) is 6.24. The van der Waals surface area contributed by atoms with Gasteiger partial charge in [0.25, 0.3) is 10.0 Å². The van der Waals surface area contributed by atoms with Crippen LogP contribution < -0.4 is 5.32 Å². The van der Waals surface area contributed by atoms with E-state index in [1.807, 2.05) is 24.3 Å². The average molecular weight is 427 g/mol. The SMILES string of the molecule is O=C(C[C@@H]1CCCCN1S(=O)(=O)c1cccs1)NCCc1ccc(Cl)cc1. The molecule has 1 N–H and O–H groups in total. The van der Waals surface area contributed by atoms with Crippen molar-refractivity contribution in [3.8, 4) is 0 Å². The van der Waals surface area contributed by atoms with Crippen LogP contribution in [0.15, 0.2) is 46.0 Å². The number of hydrogen-bond donors (Lipinski definition) is 1. The molecule has 0 spiro atoms. The molecule has 2 aromatic rings. The predicted molar refractivity (Wildman–Crippen MR) is 109 cm³/mol. The Morgan fingerprint density at radius 1 is 1.22 bits per heavy atom. The van der Waals surface area contributed by atoms with Gasteiger partial charge in [-0.1, -0.05) is 36.2 Å². The minimum absolute atomic E-state index is 0.109. The molecule has 27 heavy (non-hydrogen) atoms. The molecule has 1 aliphatic heterocycles. The van der Waals surface area contributed by atoms with Gasteiger partial charge in [0.2, 0.25) is 5.91 Å². The highest BCUT2D eigenvalue weighted by Crippen LogP contribution is 2.29. The van der Waals surface area contributed by atoms with E-state index in [-0.39, 0.29) is 18.4 Å². The van der Waals surface area contributed by atoms with Crippen LogP contribution in [0.2, 0.25) is 5.02 Å². The third-order valence-corrected chi connectivity index (χ3v) is 8.28. The van der Waals surface area contributed by atoms with Crippen molar-refractivity contribution < 1.29 is 13.2 Å². The number of benzene rings is 1. The first-order chi connectivity index (χ1) is 13.0. The molecule has 3 rings (SSSR count). The molecule has 1 saturated heterocycles. The summed E-state index contributed by atoms with van der Waals surface area (Å²) in [6.45, 7) is 0.994. The van der Waals surface area contributed by atoms with Gasteiger partial charge in [-0.05, 0) is 48.4 Å². The molecule has 5 nitrogen and oxygen atoms in total. The highest BCUT2D eigenvalue weighted by Gasteiger charge is 2.35. The maximum Gasteiger partial charge on any atom is 0.252 e. The second kappa shape index (κ2) is 9.19. The third kappa shape index (κ3) is 5.31. The monoisotopic (exact) mass is 426 g/mol. The molecule has 146 valence electrons. The van der Waals surface area contributed by atoms with Crippen LogP contribution in [0.5, 0.6) is 0 Å². The lowest BCUT2D eigenvalue weighted by atomic mass is 10.0. The molecule has 0 radical (unpaired) electrons. The van der Waals surface area contributed by atoms with Gasteiger partial charge in [0.1, 0.15) is 4.21 Å². The van der Waals surface area contributed by atoms with E-state index >= 15 is 0 Å². The molecule has 0 saturated carbocycles. The summed E-state index contributed by atoms with van der Waals surface area (Å²) in [4.78, 5) is 12.4. The Balaban J connectivity index is 1.56. The van der Waals surface area contributed by atoms with Gasteiger partial charge in [-0.25, -0.2) is 8.42 Å². The van der Waals surface area contributed by atoms with Crippen molar-refractivity contribution >= 4 is 38.9 Å². The van der Waals surface area contributed by atoms with E-state index in [0.29, 0.717) is 28.7 Å². The van der Waals surface area contributed by atoms with Crippen molar-refractivity contribution in [1.29, 1.82) is 0 Å². The summed E-state index contributed by atoms with van der Waals surface area (Å²) in [6.07, 6.45) is 3.41. The summed E-state index contributed by atoms with van der Waals surface area (Å²) in [7, 11) is -3.52. The number of carbonyl (C=O) groups excluding carboxylic acids is 1. The molecule has 0 aliphatic carbocycles. The van der Waals surface area contributed by atoms with E-state index in [2.05, 4.69) is 5.32 Å². The van der Waals surface area contributed by atoms with Gasteiger partial charge in [-0.15, -0.1) is 11.3 Å². The first kappa shape index (κ1) is 20.3. The number of hydrogen-bond acceptors (Lipinski definition) is 4. The second-order valence-electron chi connectivity index (χ2n) is 6.63. The lowest BCUT2D eigenvalue weighted by Crippen LogP contribution is -2.45. The Labute approximate surface area is 169 Å². The normalized spacial score (nSPS) is 18.3. The fourth-order valence-electron chi connectivity index (χ4n) is 3.30. The van der Waals surface area contributed by atoms with Gasteiger partial charge in [-0.2, -0.15) is 4.31 Å². The van der Waals surface area contributed by atoms with E-state index in [1.54, 1.807) is 17.5 Å². The number of thiophene rings is 1. The minimum atomic E-state index is -3.52. The highest BCUT2D eigenvalue weighted by atomic mass is 35.5. The topological polar surface area (TPSA) is 66.5 Å². The van der Waals surface area contributed by atoms with Crippen LogP contribution in [-0.2, 0) is 21.2 Å². The Morgan fingerprint density at radius 2 is 2.00 bits per heavy atom. The highest BCUT2D eigenvalue weighted by molar-refractivity contribution is 7.91. The van der Waals surface area contributed by atoms with Crippen LogP contribution in [0.1, 0.15) is 31.2 Å². The molecule has 1 atom stereocenters. The van der Waals surface area contributed by atoms with Gasteiger partial charge >= 0.3 is 0 Å². The average Bonchev–Trinajstić information content (AvgIpc) is 3.19. The summed E-state index contributed by atoms with van der Waals surface area (Å²) in [6, 6.07) is 10.6.